The smallest absolute Gasteiger partial charge is 0.154 e. The average molecular weight is 419 g/mol. The molecule has 8 nitrogen and oxygen atoms in total. The molecule has 2 N–H and O–H groups in total. The van der Waals surface area contributed by atoms with Crippen molar-refractivity contribution < 1.29 is 9.84 Å². The van der Waals surface area contributed by atoms with E-state index in [9.17, 15) is 5.11 Å². The van der Waals surface area contributed by atoms with E-state index in [4.69, 9.17) is 4.74 Å². The molecule has 1 saturated carbocycles. The number of aromatic nitrogens is 5. The number of ether oxygens (including phenoxy) is 1. The van der Waals surface area contributed by atoms with E-state index in [1.807, 2.05) is 55.3 Å². The van der Waals surface area contributed by atoms with Crippen LogP contribution in [0.25, 0.3) is 16.6 Å². The monoisotopic (exact) mass is 418 g/mol. The van der Waals surface area contributed by atoms with Crippen LogP contribution in [0.4, 0.5) is 11.6 Å². The predicted molar refractivity (Wildman–Crippen MR) is 119 cm³/mol. The Hall–Kier alpha value is -3.39. The molecule has 160 valence electrons. The Kier molecular flexibility index (Phi) is 5.07. The van der Waals surface area contributed by atoms with Gasteiger partial charge in [-0.1, -0.05) is 0 Å². The normalized spacial score (nSPS) is 18.9. The zero-order chi connectivity index (χ0) is 21.4. The van der Waals surface area contributed by atoms with E-state index in [1.165, 1.54) is 0 Å². The molecule has 0 atom stereocenters. The lowest BCUT2D eigenvalue weighted by atomic mass is 9.95. The SMILES string of the molecule is Cc1cc(-c2ccn3nc(Nc4ccn(C)n4)cc3c2)c(OC2CCC(O)CC2)cn1. The molecule has 31 heavy (non-hydrogen) atoms. The van der Waals surface area contributed by atoms with Crippen LogP contribution in [0.3, 0.4) is 0 Å². The zero-order valence-corrected chi connectivity index (χ0v) is 17.7. The maximum atomic E-state index is 9.77. The molecule has 0 saturated heterocycles. The molecular formula is C23H26N6O2. The van der Waals surface area contributed by atoms with Gasteiger partial charge in [0.2, 0.25) is 0 Å². The molecule has 4 aromatic rings. The van der Waals surface area contributed by atoms with Crippen molar-refractivity contribution in [1.29, 1.82) is 0 Å². The predicted octanol–water partition coefficient (Wildman–Crippen LogP) is 3.86. The minimum absolute atomic E-state index is 0.111. The molecule has 8 heteroatoms. The van der Waals surface area contributed by atoms with Gasteiger partial charge in [-0.3, -0.25) is 9.67 Å². The highest BCUT2D eigenvalue weighted by atomic mass is 16.5. The lowest BCUT2D eigenvalue weighted by molar-refractivity contribution is 0.0667. The van der Waals surface area contributed by atoms with E-state index >= 15 is 0 Å². The second-order valence-electron chi connectivity index (χ2n) is 8.18. The van der Waals surface area contributed by atoms with E-state index in [0.29, 0.717) is 0 Å². The zero-order valence-electron chi connectivity index (χ0n) is 17.7. The number of hydrogen-bond acceptors (Lipinski definition) is 6. The first-order chi connectivity index (χ1) is 15.0. The Balaban J connectivity index is 1.43. The number of nitrogens with zero attached hydrogens (tertiary/aromatic N) is 5. The maximum Gasteiger partial charge on any atom is 0.154 e. The Labute approximate surface area is 180 Å². The molecule has 5 rings (SSSR count). The quantitative estimate of drug-likeness (QED) is 0.512. The molecule has 0 bridgehead atoms. The van der Waals surface area contributed by atoms with Gasteiger partial charge in [0.05, 0.1) is 23.9 Å². The first-order valence-electron chi connectivity index (χ1n) is 10.6. The van der Waals surface area contributed by atoms with E-state index in [-0.39, 0.29) is 12.2 Å². The Morgan fingerprint density at radius 1 is 1.03 bits per heavy atom. The van der Waals surface area contributed by atoms with Gasteiger partial charge in [-0.2, -0.15) is 10.2 Å². The first kappa shape index (κ1) is 19.6. The van der Waals surface area contributed by atoms with E-state index in [0.717, 1.165) is 65.4 Å². The number of hydrogen-bond donors (Lipinski definition) is 2. The highest BCUT2D eigenvalue weighted by molar-refractivity contribution is 5.75. The fourth-order valence-electron chi connectivity index (χ4n) is 4.05. The van der Waals surface area contributed by atoms with Crippen LogP contribution in [0.5, 0.6) is 5.75 Å². The van der Waals surface area contributed by atoms with Crippen LogP contribution >= 0.6 is 0 Å². The molecule has 0 spiro atoms. The number of nitrogens with one attached hydrogen (secondary N) is 1. The largest absolute Gasteiger partial charge is 0.488 e. The summed E-state index contributed by atoms with van der Waals surface area (Å²) in [5, 5.41) is 21.9. The maximum absolute atomic E-state index is 9.77. The van der Waals surface area contributed by atoms with Crippen molar-refractivity contribution in [2.75, 3.05) is 5.32 Å². The van der Waals surface area contributed by atoms with Crippen molar-refractivity contribution in [3.05, 3.63) is 54.6 Å². The topological polar surface area (TPSA) is 89.5 Å². The summed E-state index contributed by atoms with van der Waals surface area (Å²) in [6, 6.07) is 10.1. The van der Waals surface area contributed by atoms with E-state index in [2.05, 4.69) is 32.6 Å². The number of aliphatic hydroxyl groups excluding tert-OH is 1. The minimum Gasteiger partial charge on any atom is -0.488 e. The van der Waals surface area contributed by atoms with Gasteiger partial charge < -0.3 is 15.2 Å². The van der Waals surface area contributed by atoms with Crippen LogP contribution in [0.2, 0.25) is 0 Å². The summed E-state index contributed by atoms with van der Waals surface area (Å²) >= 11 is 0. The van der Waals surface area contributed by atoms with Gasteiger partial charge in [0.25, 0.3) is 0 Å². The molecule has 0 aliphatic heterocycles. The van der Waals surface area contributed by atoms with E-state index in [1.54, 1.807) is 4.68 Å². The summed E-state index contributed by atoms with van der Waals surface area (Å²) in [6.45, 7) is 1.98. The molecule has 0 amide bonds. The van der Waals surface area contributed by atoms with Crippen LogP contribution in [0, 0.1) is 6.92 Å². The molecule has 1 fully saturated rings. The molecule has 0 unspecified atom stereocenters. The van der Waals surface area contributed by atoms with Gasteiger partial charge in [-0.15, -0.1) is 0 Å². The third-order valence-corrected chi connectivity index (χ3v) is 5.69. The molecule has 0 radical (unpaired) electrons. The van der Waals surface area contributed by atoms with Crippen molar-refractivity contribution in [1.82, 2.24) is 24.4 Å². The standard InChI is InChI=1S/C23H26N6O2/c1-15-11-20(21(14-24-15)31-19-5-3-18(30)4-6-19)16-7-10-29-17(12-16)13-23(27-29)25-22-8-9-28(2)26-22/h7-14,18-19,30H,3-6H2,1-2H3,(H,25,26,27). The van der Waals surface area contributed by atoms with Crippen molar-refractivity contribution in [2.45, 2.75) is 44.8 Å². The summed E-state index contributed by atoms with van der Waals surface area (Å²) < 4.78 is 9.91. The van der Waals surface area contributed by atoms with Crippen molar-refractivity contribution in [3.8, 4) is 16.9 Å². The molecule has 1 aliphatic carbocycles. The van der Waals surface area contributed by atoms with Gasteiger partial charge in [0.1, 0.15) is 5.75 Å². The molecule has 4 heterocycles. The lowest BCUT2D eigenvalue weighted by Gasteiger charge is -2.27. The molecule has 1 aliphatic rings. The fraction of sp³-hybridized carbons (Fsp3) is 0.348. The van der Waals surface area contributed by atoms with Crippen LogP contribution < -0.4 is 10.1 Å². The minimum atomic E-state index is -0.200. The molecular weight excluding hydrogens is 392 g/mol. The number of rotatable bonds is 5. The van der Waals surface area contributed by atoms with Crippen LogP contribution in [0.15, 0.2) is 48.9 Å². The van der Waals surface area contributed by atoms with Gasteiger partial charge in [-0.25, -0.2) is 4.52 Å². The first-order valence-corrected chi connectivity index (χ1v) is 10.6. The second kappa shape index (κ2) is 8.03. The number of aryl methyl sites for hydroxylation is 2. The highest BCUT2D eigenvalue weighted by Gasteiger charge is 2.22. The summed E-state index contributed by atoms with van der Waals surface area (Å²) in [5.74, 6) is 2.27. The lowest BCUT2D eigenvalue weighted by Crippen LogP contribution is -2.26. The third-order valence-electron chi connectivity index (χ3n) is 5.69. The van der Waals surface area contributed by atoms with Crippen LogP contribution in [-0.4, -0.2) is 41.7 Å². The number of anilines is 2. The Morgan fingerprint density at radius 2 is 1.87 bits per heavy atom. The molecule has 4 aromatic heterocycles. The van der Waals surface area contributed by atoms with E-state index < -0.39 is 0 Å². The fourth-order valence-corrected chi connectivity index (χ4v) is 4.05. The summed E-state index contributed by atoms with van der Waals surface area (Å²) in [6.07, 6.45) is 8.84. The number of pyridine rings is 2. The van der Waals surface area contributed by atoms with Gasteiger partial charge in [-0.05, 0) is 56.4 Å². The highest BCUT2D eigenvalue weighted by Crippen LogP contribution is 2.34. The average Bonchev–Trinajstić information content (AvgIpc) is 3.35. The molecule has 0 aromatic carbocycles. The Morgan fingerprint density at radius 3 is 2.65 bits per heavy atom. The van der Waals surface area contributed by atoms with Crippen molar-refractivity contribution in [2.24, 2.45) is 7.05 Å². The summed E-state index contributed by atoms with van der Waals surface area (Å²) in [4.78, 5) is 4.45. The number of fused-ring (bicyclic) bond motifs is 1. The Bertz CT molecular complexity index is 1210. The van der Waals surface area contributed by atoms with Crippen molar-refractivity contribution in [3.63, 3.8) is 0 Å². The van der Waals surface area contributed by atoms with Gasteiger partial charge in [0, 0.05) is 42.8 Å². The van der Waals surface area contributed by atoms with Crippen LogP contribution in [-0.2, 0) is 7.05 Å². The van der Waals surface area contributed by atoms with Crippen LogP contribution in [0.1, 0.15) is 31.4 Å². The van der Waals surface area contributed by atoms with Gasteiger partial charge in [0.15, 0.2) is 11.6 Å². The van der Waals surface area contributed by atoms with Crippen molar-refractivity contribution >= 4 is 17.2 Å². The second-order valence-corrected chi connectivity index (χ2v) is 8.18. The number of aliphatic hydroxyl groups is 1. The third kappa shape index (κ3) is 4.25. The summed E-state index contributed by atoms with van der Waals surface area (Å²) in [5.41, 5.74) is 3.97. The summed E-state index contributed by atoms with van der Waals surface area (Å²) in [7, 11) is 1.88. The van der Waals surface area contributed by atoms with Gasteiger partial charge >= 0.3 is 0 Å².